The summed E-state index contributed by atoms with van der Waals surface area (Å²) in [5.74, 6) is -0.224. The average Bonchev–Trinajstić information content (AvgIpc) is 2.77. The lowest BCUT2D eigenvalue weighted by Gasteiger charge is -2.10. The molecule has 0 aromatic heterocycles. The fourth-order valence-corrected chi connectivity index (χ4v) is 3.56. The minimum Gasteiger partial charge on any atom is -0.493 e. The second kappa shape index (κ2) is 9.82. The van der Waals surface area contributed by atoms with Crippen LogP contribution < -0.4 is 14.3 Å². The first kappa shape index (κ1) is 22.6. The fraction of sp³-hybridized carbons (Fsp3) is 0.0476. The van der Waals surface area contributed by atoms with Crippen LogP contribution in [0.4, 0.5) is 0 Å². The SMILES string of the molecule is COc1cc(C=NNS(=O)(=O)c2ccccc2)ccc1OC(=O)c1ccc(Cl)c(Cl)c1. The van der Waals surface area contributed by atoms with Crippen molar-refractivity contribution >= 4 is 45.4 Å². The van der Waals surface area contributed by atoms with E-state index in [9.17, 15) is 13.2 Å². The molecule has 3 aromatic rings. The number of sulfonamides is 1. The number of hydrogen-bond acceptors (Lipinski definition) is 6. The summed E-state index contributed by atoms with van der Waals surface area (Å²) in [6.07, 6.45) is 1.30. The summed E-state index contributed by atoms with van der Waals surface area (Å²) in [7, 11) is -2.37. The first-order valence-corrected chi connectivity index (χ1v) is 11.0. The van der Waals surface area contributed by atoms with Crippen LogP contribution in [0.2, 0.25) is 10.0 Å². The Labute approximate surface area is 189 Å². The monoisotopic (exact) mass is 478 g/mol. The van der Waals surface area contributed by atoms with Crippen molar-refractivity contribution in [1.82, 2.24) is 4.83 Å². The maximum Gasteiger partial charge on any atom is 0.343 e. The molecule has 0 fully saturated rings. The van der Waals surface area contributed by atoms with Crippen LogP contribution in [0.3, 0.4) is 0 Å². The molecule has 0 aliphatic rings. The van der Waals surface area contributed by atoms with Gasteiger partial charge in [-0.2, -0.15) is 13.5 Å². The molecule has 31 heavy (non-hydrogen) atoms. The second-order valence-corrected chi connectivity index (χ2v) is 8.57. The molecule has 0 atom stereocenters. The van der Waals surface area contributed by atoms with E-state index in [4.69, 9.17) is 32.7 Å². The van der Waals surface area contributed by atoms with E-state index in [1.54, 1.807) is 24.3 Å². The average molecular weight is 479 g/mol. The Morgan fingerprint density at radius 3 is 2.39 bits per heavy atom. The van der Waals surface area contributed by atoms with Gasteiger partial charge in [0.2, 0.25) is 0 Å². The van der Waals surface area contributed by atoms with Gasteiger partial charge in [0.05, 0.1) is 33.8 Å². The summed E-state index contributed by atoms with van der Waals surface area (Å²) in [6, 6.07) is 16.9. The van der Waals surface area contributed by atoms with Crippen LogP contribution in [0.15, 0.2) is 76.7 Å². The molecule has 160 valence electrons. The van der Waals surface area contributed by atoms with E-state index in [2.05, 4.69) is 9.93 Å². The van der Waals surface area contributed by atoms with Crippen molar-refractivity contribution in [3.05, 3.63) is 87.9 Å². The third kappa shape index (κ3) is 5.75. The molecule has 0 saturated heterocycles. The molecule has 3 aromatic carbocycles. The van der Waals surface area contributed by atoms with Gasteiger partial charge in [0.15, 0.2) is 11.5 Å². The van der Waals surface area contributed by atoms with Crippen molar-refractivity contribution in [2.75, 3.05) is 7.11 Å². The summed E-state index contributed by atoms with van der Waals surface area (Å²) < 4.78 is 35.0. The number of ether oxygens (including phenoxy) is 2. The smallest absolute Gasteiger partial charge is 0.343 e. The number of rotatable bonds is 7. The van der Waals surface area contributed by atoms with Gasteiger partial charge in [0, 0.05) is 0 Å². The maximum absolute atomic E-state index is 12.4. The van der Waals surface area contributed by atoms with Crippen molar-refractivity contribution in [2.24, 2.45) is 5.10 Å². The number of nitrogens with zero attached hydrogens (tertiary/aromatic N) is 1. The molecule has 3 rings (SSSR count). The largest absolute Gasteiger partial charge is 0.493 e. The van der Waals surface area contributed by atoms with Gasteiger partial charge in [-0.05, 0) is 54.1 Å². The molecule has 0 saturated carbocycles. The van der Waals surface area contributed by atoms with E-state index in [0.29, 0.717) is 10.6 Å². The number of esters is 1. The summed E-state index contributed by atoms with van der Waals surface area (Å²) in [5.41, 5.74) is 0.736. The molecule has 0 aliphatic carbocycles. The Bertz CT molecular complexity index is 1230. The first-order chi connectivity index (χ1) is 14.8. The number of carbonyl (C=O) groups excluding carboxylic acids is 1. The van der Waals surface area contributed by atoms with E-state index in [0.717, 1.165) is 0 Å². The summed E-state index contributed by atoms with van der Waals surface area (Å²) >= 11 is 11.8. The van der Waals surface area contributed by atoms with E-state index in [1.807, 2.05) is 0 Å². The molecule has 1 N–H and O–H groups in total. The lowest BCUT2D eigenvalue weighted by atomic mass is 10.2. The predicted molar refractivity (Wildman–Crippen MR) is 119 cm³/mol. The molecule has 0 aliphatic heterocycles. The molecule has 0 radical (unpaired) electrons. The van der Waals surface area contributed by atoms with Crippen LogP contribution in [0.25, 0.3) is 0 Å². The number of hydrogen-bond donors (Lipinski definition) is 1. The van der Waals surface area contributed by atoms with Crippen LogP contribution in [0.1, 0.15) is 15.9 Å². The van der Waals surface area contributed by atoms with Crippen LogP contribution in [-0.4, -0.2) is 27.7 Å². The van der Waals surface area contributed by atoms with Crippen LogP contribution in [-0.2, 0) is 10.0 Å². The predicted octanol–water partition coefficient (Wildman–Crippen LogP) is 4.53. The Hall–Kier alpha value is -3.07. The number of nitrogens with one attached hydrogen (secondary N) is 1. The van der Waals surface area contributed by atoms with E-state index in [-0.39, 0.29) is 27.0 Å². The second-order valence-electron chi connectivity index (χ2n) is 6.09. The van der Waals surface area contributed by atoms with E-state index >= 15 is 0 Å². The molecule has 0 heterocycles. The van der Waals surface area contributed by atoms with E-state index in [1.165, 1.54) is 55.8 Å². The quantitative estimate of drug-likeness (QED) is 0.233. The molecule has 7 nitrogen and oxygen atoms in total. The van der Waals surface area contributed by atoms with Gasteiger partial charge >= 0.3 is 5.97 Å². The number of carbonyl (C=O) groups is 1. The van der Waals surface area contributed by atoms with Gasteiger partial charge in [-0.15, -0.1) is 0 Å². The van der Waals surface area contributed by atoms with Gasteiger partial charge in [0.1, 0.15) is 0 Å². The zero-order valence-electron chi connectivity index (χ0n) is 16.1. The number of hydrazone groups is 1. The molecule has 0 unspecified atom stereocenters. The Morgan fingerprint density at radius 1 is 0.968 bits per heavy atom. The highest BCUT2D eigenvalue weighted by Gasteiger charge is 2.15. The van der Waals surface area contributed by atoms with Crippen molar-refractivity contribution in [3.8, 4) is 11.5 Å². The minimum atomic E-state index is -3.78. The van der Waals surface area contributed by atoms with Gasteiger partial charge < -0.3 is 9.47 Å². The highest BCUT2D eigenvalue weighted by Crippen LogP contribution is 2.29. The van der Waals surface area contributed by atoms with Crippen molar-refractivity contribution in [3.63, 3.8) is 0 Å². The summed E-state index contributed by atoms with van der Waals surface area (Å²) in [4.78, 5) is 14.6. The van der Waals surface area contributed by atoms with Crippen molar-refractivity contribution in [1.29, 1.82) is 0 Å². The van der Waals surface area contributed by atoms with Gasteiger partial charge in [-0.1, -0.05) is 41.4 Å². The third-order valence-electron chi connectivity index (χ3n) is 3.99. The highest BCUT2D eigenvalue weighted by atomic mass is 35.5. The molecule has 0 spiro atoms. The summed E-state index contributed by atoms with van der Waals surface area (Å²) in [6.45, 7) is 0. The lowest BCUT2D eigenvalue weighted by molar-refractivity contribution is 0.0729. The number of halogens is 2. The molecule has 0 amide bonds. The molecular weight excluding hydrogens is 463 g/mol. The van der Waals surface area contributed by atoms with Crippen LogP contribution in [0, 0.1) is 0 Å². The van der Waals surface area contributed by atoms with Crippen LogP contribution >= 0.6 is 23.2 Å². The lowest BCUT2D eigenvalue weighted by Crippen LogP contribution is -2.18. The Morgan fingerprint density at radius 2 is 1.71 bits per heavy atom. The molecule has 0 bridgehead atoms. The van der Waals surface area contributed by atoms with Crippen molar-refractivity contribution < 1.29 is 22.7 Å². The zero-order valence-corrected chi connectivity index (χ0v) is 18.4. The third-order valence-corrected chi connectivity index (χ3v) is 5.96. The van der Waals surface area contributed by atoms with Gasteiger partial charge in [-0.25, -0.2) is 9.63 Å². The normalized spacial score (nSPS) is 11.3. The fourth-order valence-electron chi connectivity index (χ4n) is 2.45. The van der Waals surface area contributed by atoms with Gasteiger partial charge in [0.25, 0.3) is 10.0 Å². The summed E-state index contributed by atoms with van der Waals surface area (Å²) in [5, 5.41) is 4.32. The van der Waals surface area contributed by atoms with Crippen LogP contribution in [0.5, 0.6) is 11.5 Å². The molecular formula is C21H16Cl2N2O5S. The maximum atomic E-state index is 12.4. The Kier molecular flexibility index (Phi) is 7.17. The standard InChI is InChI=1S/C21H16Cl2N2O5S/c1-29-20-11-14(13-24-25-31(27,28)16-5-3-2-4-6-16)7-10-19(20)30-21(26)15-8-9-17(22)18(23)12-15/h2-13,25H,1H3. The van der Waals surface area contributed by atoms with Gasteiger partial charge in [-0.3, -0.25) is 0 Å². The highest BCUT2D eigenvalue weighted by molar-refractivity contribution is 7.89. The zero-order chi connectivity index (χ0) is 22.4. The molecule has 10 heteroatoms. The minimum absolute atomic E-state index is 0.0919. The topological polar surface area (TPSA) is 94.1 Å². The number of benzene rings is 3. The number of methoxy groups -OCH3 is 1. The van der Waals surface area contributed by atoms with Crippen molar-refractivity contribution in [2.45, 2.75) is 4.90 Å². The van der Waals surface area contributed by atoms with E-state index < -0.39 is 16.0 Å². The first-order valence-electron chi connectivity index (χ1n) is 8.75. The Balaban J connectivity index is 1.73.